The summed E-state index contributed by atoms with van der Waals surface area (Å²) >= 11 is 7.86. The van der Waals surface area contributed by atoms with Gasteiger partial charge in [0.1, 0.15) is 36.6 Å². The third-order valence-electron chi connectivity index (χ3n) is 13.7. The fourth-order valence-corrected chi connectivity index (χ4v) is 11.6. The van der Waals surface area contributed by atoms with E-state index in [1.54, 1.807) is 29.5 Å². The number of aromatic nitrogens is 1. The number of hydrogen-bond acceptors (Lipinski definition) is 10. The molecular weight excluding hydrogens is 912 g/mol. The Kier molecular flexibility index (Phi) is 15.3. The van der Waals surface area contributed by atoms with Crippen molar-refractivity contribution in [3.05, 3.63) is 105 Å². The first-order valence-corrected chi connectivity index (χ1v) is 24.8. The number of nitrogens with one attached hydrogen (secondary N) is 2. The highest BCUT2D eigenvalue weighted by Gasteiger charge is 2.67. The summed E-state index contributed by atoms with van der Waals surface area (Å²) in [5.41, 5.74) is 6.13. The van der Waals surface area contributed by atoms with E-state index in [9.17, 15) is 29.5 Å². The Morgan fingerprint density at radius 3 is 2.41 bits per heavy atom. The van der Waals surface area contributed by atoms with Crippen LogP contribution in [0.5, 0.6) is 5.75 Å². The van der Waals surface area contributed by atoms with Gasteiger partial charge in [-0.1, -0.05) is 96.2 Å². The minimum atomic E-state index is -0.963. The number of aliphatic hydroxyl groups excluding tert-OH is 1. The predicted octanol–water partition coefficient (Wildman–Crippen LogP) is 8.39. The highest BCUT2D eigenvalue weighted by atomic mass is 35.5. The Morgan fingerprint density at radius 2 is 1.75 bits per heavy atom. The minimum Gasteiger partial charge on any atom is -0.489 e. The molecule has 1 aliphatic carbocycles. The van der Waals surface area contributed by atoms with Crippen molar-refractivity contribution in [1.82, 2.24) is 25.4 Å². The molecule has 0 spiro atoms. The highest BCUT2D eigenvalue weighted by molar-refractivity contribution is 7.13. The summed E-state index contributed by atoms with van der Waals surface area (Å²) in [6.45, 7) is 18.4. The number of nitrogens with zero attached hydrogens (tertiary/aromatic N) is 4. The van der Waals surface area contributed by atoms with Gasteiger partial charge in [0.05, 0.1) is 38.8 Å². The Morgan fingerprint density at radius 1 is 1.03 bits per heavy atom. The average Bonchev–Trinajstić information content (AvgIpc) is 4.00. The number of unbranched alkanes of at least 4 members (excludes halogenated alkanes) is 2. The van der Waals surface area contributed by atoms with Gasteiger partial charge in [-0.15, -0.1) is 11.3 Å². The second kappa shape index (κ2) is 20.7. The van der Waals surface area contributed by atoms with E-state index in [2.05, 4.69) is 61.2 Å². The average molecular weight is 976 g/mol. The summed E-state index contributed by atoms with van der Waals surface area (Å²) in [5, 5.41) is 26.1. The van der Waals surface area contributed by atoms with Crippen molar-refractivity contribution < 1.29 is 33.8 Å². The van der Waals surface area contributed by atoms with E-state index >= 15 is 0 Å². The molecule has 3 N–H and O–H groups in total. The molecule has 2 aliphatic heterocycles. The van der Waals surface area contributed by atoms with Gasteiger partial charge in [-0.05, 0) is 79.1 Å². The molecule has 3 heterocycles. The van der Waals surface area contributed by atoms with Gasteiger partial charge >= 0.3 is 0 Å². The van der Waals surface area contributed by atoms with Crippen molar-refractivity contribution in [3.63, 3.8) is 0 Å². The normalized spacial score (nSPS) is 21.0. The van der Waals surface area contributed by atoms with Crippen molar-refractivity contribution in [2.45, 2.75) is 131 Å². The van der Waals surface area contributed by atoms with Crippen LogP contribution in [0.25, 0.3) is 10.4 Å². The van der Waals surface area contributed by atoms with Crippen LogP contribution in [0.1, 0.15) is 125 Å². The maximum atomic E-state index is 14.1. The molecule has 13 nitrogen and oxygen atoms in total. The molecule has 3 aliphatic rings. The third-order valence-corrected chi connectivity index (χ3v) is 15.0. The number of ether oxygens (including phenoxy) is 2. The van der Waals surface area contributed by atoms with Crippen molar-refractivity contribution >= 4 is 46.6 Å². The van der Waals surface area contributed by atoms with Gasteiger partial charge in [0.15, 0.2) is 0 Å². The summed E-state index contributed by atoms with van der Waals surface area (Å²) in [7, 11) is 0. The maximum Gasteiger partial charge on any atom is 0.254 e. The number of amides is 4. The van der Waals surface area contributed by atoms with Crippen molar-refractivity contribution in [2.75, 3.05) is 19.8 Å². The second-order valence-electron chi connectivity index (χ2n) is 20.8. The first-order chi connectivity index (χ1) is 32.6. The topological polar surface area (TPSA) is 174 Å². The van der Waals surface area contributed by atoms with Gasteiger partial charge in [0.25, 0.3) is 5.91 Å². The molecule has 4 aromatic rings. The first-order valence-electron chi connectivity index (χ1n) is 23.6. The molecule has 0 radical (unpaired) electrons. The lowest BCUT2D eigenvalue weighted by Gasteiger charge is -2.65. The molecule has 7 rings (SSSR count). The quantitative estimate of drug-likeness (QED) is 0.0781. The van der Waals surface area contributed by atoms with Crippen molar-refractivity contribution in [1.29, 1.82) is 5.26 Å². The fourth-order valence-electron chi connectivity index (χ4n) is 10.6. The Hall–Kier alpha value is -5.77. The van der Waals surface area contributed by atoms with Crippen LogP contribution in [0.2, 0.25) is 5.02 Å². The van der Waals surface area contributed by atoms with E-state index in [-0.39, 0.29) is 60.4 Å². The largest absolute Gasteiger partial charge is 0.489 e. The molecule has 0 bridgehead atoms. The minimum absolute atomic E-state index is 0.00331. The maximum absolute atomic E-state index is 14.1. The van der Waals surface area contributed by atoms with E-state index in [0.29, 0.717) is 47.9 Å². The first kappa shape index (κ1) is 51.1. The molecule has 4 atom stereocenters. The number of aliphatic hydroxyl groups is 1. The molecule has 1 unspecified atom stereocenters. The van der Waals surface area contributed by atoms with Crippen LogP contribution >= 0.6 is 22.9 Å². The molecule has 1 saturated carbocycles. The second-order valence-corrected chi connectivity index (χ2v) is 22.1. The highest BCUT2D eigenvalue weighted by Crippen LogP contribution is 2.59. The molecule has 3 aromatic carbocycles. The van der Waals surface area contributed by atoms with Crippen LogP contribution < -0.4 is 15.4 Å². The Bertz CT molecular complexity index is 2680. The SMILES string of the molecule is Cc1ncsc1-c1ccc([C@H](C)NC(=O)[C@@H]2C[C@@H](O)CN2C(=O)C(NC(=O)COCCCCC#Cc2ccc3c(c2)CN(C2C(C)(C)C(Oc4ccc(C#N)c(Cl)c4)C2(C)C)C3=O)C(C)(C)C)cc1. The zero-order valence-electron chi connectivity index (χ0n) is 40.9. The molecule has 15 heteroatoms. The van der Waals surface area contributed by atoms with Gasteiger partial charge in [0.2, 0.25) is 17.7 Å². The Labute approximate surface area is 414 Å². The number of hydrogen-bond donors (Lipinski definition) is 3. The predicted molar refractivity (Wildman–Crippen MR) is 266 cm³/mol. The van der Waals surface area contributed by atoms with Crippen LogP contribution in [0.15, 0.2) is 66.2 Å². The number of rotatable bonds is 15. The number of fused-ring (bicyclic) bond motifs is 1. The number of aryl methyl sites for hydroxylation is 1. The zero-order chi connectivity index (χ0) is 50.0. The van der Waals surface area contributed by atoms with Crippen LogP contribution in [-0.2, 0) is 25.7 Å². The van der Waals surface area contributed by atoms with Crippen LogP contribution in [-0.4, -0.2) is 93.6 Å². The number of thiazole rings is 1. The zero-order valence-corrected chi connectivity index (χ0v) is 42.5. The summed E-state index contributed by atoms with van der Waals surface area (Å²) in [6, 6.07) is 18.5. The molecule has 1 saturated heterocycles. The summed E-state index contributed by atoms with van der Waals surface area (Å²) in [6.07, 6.45) is 1.04. The monoisotopic (exact) mass is 974 g/mol. The molecule has 69 heavy (non-hydrogen) atoms. The van der Waals surface area contributed by atoms with Gasteiger partial charge in [0, 0.05) is 66.6 Å². The van der Waals surface area contributed by atoms with Crippen LogP contribution in [0, 0.1) is 46.3 Å². The van der Waals surface area contributed by atoms with Crippen LogP contribution in [0.4, 0.5) is 0 Å². The van der Waals surface area contributed by atoms with E-state index in [4.69, 9.17) is 21.1 Å². The number of β-amino-alcohol motifs (C(OH)–C–C–N with tert-alkyl or cyclic N) is 1. The molecule has 4 amide bonds. The molecule has 364 valence electrons. The summed E-state index contributed by atoms with van der Waals surface area (Å²) in [4.78, 5) is 63.5. The number of halogens is 1. The smallest absolute Gasteiger partial charge is 0.254 e. The van der Waals surface area contributed by atoms with E-state index < -0.39 is 35.4 Å². The molecule has 1 aromatic heterocycles. The fraction of sp³-hybridized carbons (Fsp3) is 0.481. The van der Waals surface area contributed by atoms with Gasteiger partial charge in [-0.2, -0.15) is 5.26 Å². The molecule has 2 fully saturated rings. The van der Waals surface area contributed by atoms with Crippen LogP contribution in [0.3, 0.4) is 0 Å². The lowest BCUT2D eigenvalue weighted by molar-refractivity contribution is -0.199. The number of benzene rings is 3. The summed E-state index contributed by atoms with van der Waals surface area (Å²) in [5.74, 6) is 5.80. The van der Waals surface area contributed by atoms with Gasteiger partial charge in [-0.25, -0.2) is 4.98 Å². The summed E-state index contributed by atoms with van der Waals surface area (Å²) < 4.78 is 12.2. The number of likely N-dealkylation sites (tertiary alicyclic amines) is 1. The van der Waals surface area contributed by atoms with E-state index in [1.165, 1.54) is 4.90 Å². The third kappa shape index (κ3) is 11.0. The number of carbonyl (C=O) groups excluding carboxylic acids is 4. The van der Waals surface area contributed by atoms with Crippen molar-refractivity contribution in [2.24, 2.45) is 16.2 Å². The lowest BCUT2D eigenvalue weighted by atomic mass is 9.49. The lowest BCUT2D eigenvalue weighted by Crippen LogP contribution is -2.74. The van der Waals surface area contributed by atoms with Crippen molar-refractivity contribution in [3.8, 4) is 34.1 Å². The molecular formula is C54H63ClN6O7S. The van der Waals surface area contributed by atoms with E-state index in [1.807, 2.05) is 87.5 Å². The van der Waals surface area contributed by atoms with E-state index in [0.717, 1.165) is 39.2 Å². The Balaban J connectivity index is 0.849. The number of nitriles is 1. The van der Waals surface area contributed by atoms with Gasteiger partial charge in [-0.3, -0.25) is 19.2 Å². The standard InChI is InChI=1S/C54H63ClN6O7S/c1-32(35-16-18-36(19-17-35)45-33(2)57-31-69-45)58-47(64)43-25-39(62)29-60(43)49(66)46(52(3,4)5)59-44(63)30-67-23-13-11-10-12-14-34-15-22-41-38(24-34)28-61(48(41)65)50-53(6,7)51(54(50,8)9)68-40-21-20-37(27-56)42(55)26-40/h15-22,24,26,31-32,39,43,46,50-51,62H,10-11,13,23,25,28-30H2,1-9H3,(H,58,64)(H,59,63)/t32-,39+,43-,46?,50?,51?/m0/s1. The number of carbonyl (C=O) groups is 4. The van der Waals surface area contributed by atoms with Gasteiger partial charge < -0.3 is 35.0 Å².